The van der Waals surface area contributed by atoms with Gasteiger partial charge < -0.3 is 9.84 Å². The molecule has 2 rings (SSSR count). The Morgan fingerprint density at radius 1 is 1.30 bits per heavy atom. The first-order valence-corrected chi connectivity index (χ1v) is 7.43. The summed E-state index contributed by atoms with van der Waals surface area (Å²) in [4.78, 5) is 11.7. The first kappa shape index (κ1) is 14.8. The van der Waals surface area contributed by atoms with Crippen molar-refractivity contribution in [3.63, 3.8) is 0 Å². The van der Waals surface area contributed by atoms with Crippen LogP contribution in [0.5, 0.6) is 0 Å². The molecule has 0 atom stereocenters. The van der Waals surface area contributed by atoms with E-state index in [0.29, 0.717) is 13.0 Å². The lowest BCUT2D eigenvalue weighted by Gasteiger charge is -2.06. The highest BCUT2D eigenvalue weighted by Crippen LogP contribution is 2.17. The second-order valence-electron chi connectivity index (χ2n) is 4.58. The predicted octanol–water partition coefficient (Wildman–Crippen LogP) is 3.12. The summed E-state index contributed by atoms with van der Waals surface area (Å²) >= 11 is 3.49. The third-order valence-electron chi connectivity index (χ3n) is 3.03. The Morgan fingerprint density at radius 2 is 2.15 bits per heavy atom. The highest BCUT2D eigenvalue weighted by atomic mass is 79.9. The number of benzene rings is 1. The minimum Gasteiger partial charge on any atom is -0.364 e. The topological polar surface area (TPSA) is 55.1 Å². The number of nitrogens with zero attached hydrogens (tertiary/aromatic N) is 1. The molecule has 0 saturated heterocycles. The Labute approximate surface area is 126 Å². The molecule has 106 valence electrons. The van der Waals surface area contributed by atoms with Crippen LogP contribution < -0.4 is 5.32 Å². The van der Waals surface area contributed by atoms with Gasteiger partial charge in [0.15, 0.2) is 0 Å². The fourth-order valence-electron chi connectivity index (χ4n) is 1.91. The van der Waals surface area contributed by atoms with E-state index in [1.165, 1.54) is 0 Å². The van der Waals surface area contributed by atoms with E-state index in [9.17, 15) is 4.79 Å². The lowest BCUT2D eigenvalue weighted by atomic mass is 10.1. The van der Waals surface area contributed by atoms with Crippen molar-refractivity contribution >= 4 is 21.8 Å². The third-order valence-corrected chi connectivity index (χ3v) is 3.80. The number of aryl methyl sites for hydroxylation is 2. The summed E-state index contributed by atoms with van der Waals surface area (Å²) in [7, 11) is 0. The smallest absolute Gasteiger partial charge is 0.220 e. The molecule has 0 unspecified atom stereocenters. The van der Waals surface area contributed by atoms with E-state index in [0.717, 1.165) is 34.9 Å². The van der Waals surface area contributed by atoms with Crippen molar-refractivity contribution in [2.24, 2.45) is 0 Å². The summed E-state index contributed by atoms with van der Waals surface area (Å²) in [6, 6.07) is 7.98. The van der Waals surface area contributed by atoms with Gasteiger partial charge in [-0.15, -0.1) is 0 Å². The zero-order chi connectivity index (χ0) is 14.2. The molecule has 0 fully saturated rings. The Hall–Kier alpha value is -1.62. The minimum absolute atomic E-state index is 0.0890. The maximum absolute atomic E-state index is 11.7. The molecule has 4 nitrogen and oxygen atoms in total. The van der Waals surface area contributed by atoms with Crippen LogP contribution in [0, 0.1) is 0 Å². The molecule has 0 aliphatic carbocycles. The van der Waals surface area contributed by atoms with Gasteiger partial charge in [0.05, 0.1) is 6.20 Å². The Balaban J connectivity index is 1.62. The first-order valence-electron chi connectivity index (χ1n) is 6.64. The first-order chi connectivity index (χ1) is 9.75. The van der Waals surface area contributed by atoms with Crippen LogP contribution in [0.15, 0.2) is 45.7 Å². The Morgan fingerprint density at radius 3 is 2.90 bits per heavy atom. The average Bonchev–Trinajstić information content (AvgIpc) is 2.96. The number of hydrogen-bond acceptors (Lipinski definition) is 3. The van der Waals surface area contributed by atoms with Crippen LogP contribution in [0.25, 0.3) is 0 Å². The molecule has 1 heterocycles. The second kappa shape index (κ2) is 7.85. The summed E-state index contributed by atoms with van der Waals surface area (Å²) < 4.78 is 5.81. The van der Waals surface area contributed by atoms with Crippen LogP contribution in [0.2, 0.25) is 0 Å². The molecular formula is C15H17BrN2O2. The highest BCUT2D eigenvalue weighted by Gasteiger charge is 2.04. The molecule has 0 bridgehead atoms. The molecule has 0 radical (unpaired) electrons. The third kappa shape index (κ3) is 4.81. The van der Waals surface area contributed by atoms with Crippen molar-refractivity contribution in [1.29, 1.82) is 0 Å². The molecular weight excluding hydrogens is 320 g/mol. The zero-order valence-corrected chi connectivity index (χ0v) is 12.7. The van der Waals surface area contributed by atoms with Gasteiger partial charge in [-0.05, 0) is 30.9 Å². The number of nitrogens with one attached hydrogen (secondary N) is 1. The van der Waals surface area contributed by atoms with E-state index < -0.39 is 0 Å². The zero-order valence-electron chi connectivity index (χ0n) is 11.1. The fourth-order valence-corrected chi connectivity index (χ4v) is 2.39. The van der Waals surface area contributed by atoms with Crippen molar-refractivity contribution in [2.45, 2.75) is 25.7 Å². The van der Waals surface area contributed by atoms with Crippen LogP contribution in [-0.4, -0.2) is 17.6 Å². The molecule has 1 amide bonds. The summed E-state index contributed by atoms with van der Waals surface area (Å²) in [5.41, 5.74) is 2.22. The minimum atomic E-state index is 0.0890. The van der Waals surface area contributed by atoms with Gasteiger partial charge in [-0.3, -0.25) is 4.79 Å². The number of hydrogen-bond donors (Lipinski definition) is 1. The second-order valence-corrected chi connectivity index (χ2v) is 5.43. The average molecular weight is 337 g/mol. The molecule has 5 heteroatoms. The molecule has 1 aromatic carbocycles. The van der Waals surface area contributed by atoms with Crippen LogP contribution in [-0.2, 0) is 17.6 Å². The monoisotopic (exact) mass is 336 g/mol. The van der Waals surface area contributed by atoms with Gasteiger partial charge in [0.1, 0.15) is 6.26 Å². The van der Waals surface area contributed by atoms with Gasteiger partial charge in [0.25, 0.3) is 0 Å². The van der Waals surface area contributed by atoms with Gasteiger partial charge in [0.2, 0.25) is 5.91 Å². The van der Waals surface area contributed by atoms with Crippen LogP contribution in [0.4, 0.5) is 0 Å². The summed E-state index contributed by atoms with van der Waals surface area (Å²) in [5.74, 6) is 0.0890. The van der Waals surface area contributed by atoms with E-state index >= 15 is 0 Å². The number of rotatable bonds is 7. The quantitative estimate of drug-likeness (QED) is 0.790. The molecule has 1 N–H and O–H groups in total. The maximum Gasteiger partial charge on any atom is 0.220 e. The Bertz CT molecular complexity index is 541. The van der Waals surface area contributed by atoms with E-state index in [1.54, 1.807) is 12.5 Å². The van der Waals surface area contributed by atoms with E-state index in [1.807, 2.05) is 24.3 Å². The largest absolute Gasteiger partial charge is 0.364 e. The van der Waals surface area contributed by atoms with Gasteiger partial charge in [-0.2, -0.15) is 0 Å². The lowest BCUT2D eigenvalue weighted by molar-refractivity contribution is -0.121. The SMILES string of the molecule is O=C(CCc1ccccc1Br)NCCCc1cnoc1. The summed E-state index contributed by atoms with van der Waals surface area (Å²) in [6.07, 6.45) is 6.36. The lowest BCUT2D eigenvalue weighted by Crippen LogP contribution is -2.25. The molecule has 0 saturated carbocycles. The number of carbonyl (C=O) groups is 1. The summed E-state index contributed by atoms with van der Waals surface area (Å²) in [5, 5.41) is 6.57. The normalized spacial score (nSPS) is 10.4. The van der Waals surface area contributed by atoms with E-state index in [4.69, 9.17) is 4.52 Å². The van der Waals surface area contributed by atoms with Crippen LogP contribution in [0.3, 0.4) is 0 Å². The van der Waals surface area contributed by atoms with Gasteiger partial charge in [-0.1, -0.05) is 39.3 Å². The fraction of sp³-hybridized carbons (Fsp3) is 0.333. The van der Waals surface area contributed by atoms with Crippen molar-refractivity contribution in [3.8, 4) is 0 Å². The van der Waals surface area contributed by atoms with Gasteiger partial charge >= 0.3 is 0 Å². The predicted molar refractivity (Wildman–Crippen MR) is 80.3 cm³/mol. The number of aromatic nitrogens is 1. The number of carbonyl (C=O) groups excluding carboxylic acids is 1. The van der Waals surface area contributed by atoms with E-state index in [-0.39, 0.29) is 5.91 Å². The molecule has 0 spiro atoms. The van der Waals surface area contributed by atoms with Crippen molar-refractivity contribution in [2.75, 3.05) is 6.54 Å². The molecule has 1 aromatic heterocycles. The van der Waals surface area contributed by atoms with Crippen LogP contribution >= 0.6 is 15.9 Å². The van der Waals surface area contributed by atoms with E-state index in [2.05, 4.69) is 26.4 Å². The Kier molecular flexibility index (Phi) is 5.80. The number of amides is 1. The molecule has 2 aromatic rings. The molecule has 20 heavy (non-hydrogen) atoms. The summed E-state index contributed by atoms with van der Waals surface area (Å²) in [6.45, 7) is 0.681. The van der Waals surface area contributed by atoms with Crippen molar-refractivity contribution < 1.29 is 9.32 Å². The highest BCUT2D eigenvalue weighted by molar-refractivity contribution is 9.10. The molecule has 0 aliphatic rings. The number of halogens is 1. The molecule has 0 aliphatic heterocycles. The van der Waals surface area contributed by atoms with Gasteiger partial charge in [-0.25, -0.2) is 0 Å². The van der Waals surface area contributed by atoms with Crippen molar-refractivity contribution in [1.82, 2.24) is 10.5 Å². The van der Waals surface area contributed by atoms with Crippen LogP contribution in [0.1, 0.15) is 24.0 Å². The van der Waals surface area contributed by atoms with Crippen molar-refractivity contribution in [3.05, 3.63) is 52.3 Å². The standard InChI is InChI=1S/C15H17BrN2O2/c16-14-6-2-1-5-13(14)7-8-15(19)17-9-3-4-12-10-18-20-11-12/h1-2,5-6,10-11H,3-4,7-9H2,(H,17,19). The van der Waals surface area contributed by atoms with Gasteiger partial charge in [0, 0.05) is 23.0 Å². The maximum atomic E-state index is 11.7.